The number of fused-ring (bicyclic) bond motifs is 2. The maximum Gasteiger partial charge on any atom is 0.245 e. The number of nitrogens with zero attached hydrogens (tertiary/aromatic N) is 3. The number of hydrogen-bond donors (Lipinski definition) is 1. The molecular weight excluding hydrogens is 392 g/mol. The summed E-state index contributed by atoms with van der Waals surface area (Å²) in [5, 5.41) is 8.83. The van der Waals surface area contributed by atoms with Crippen LogP contribution >= 0.6 is 0 Å². The zero-order valence-corrected chi connectivity index (χ0v) is 16.9. The molecule has 31 heavy (non-hydrogen) atoms. The lowest BCUT2D eigenvalue weighted by Gasteiger charge is -2.11. The summed E-state index contributed by atoms with van der Waals surface area (Å²) in [4.78, 5) is 17.3. The molecule has 0 saturated heterocycles. The molecule has 0 saturated carbocycles. The van der Waals surface area contributed by atoms with E-state index in [2.05, 4.69) is 21.5 Å². The van der Waals surface area contributed by atoms with Gasteiger partial charge >= 0.3 is 0 Å². The summed E-state index contributed by atoms with van der Waals surface area (Å²) in [6.45, 7) is 2.10. The first kappa shape index (κ1) is 18.9. The molecule has 5 aromatic rings. The van der Waals surface area contributed by atoms with Crippen LogP contribution < -0.4 is 10.1 Å². The number of rotatable bonds is 6. The minimum atomic E-state index is -0.219. The van der Waals surface area contributed by atoms with Gasteiger partial charge < -0.3 is 19.1 Å². The summed E-state index contributed by atoms with van der Waals surface area (Å²) in [7, 11) is 0. The summed E-state index contributed by atoms with van der Waals surface area (Å²) in [6, 6.07) is 23.5. The van der Waals surface area contributed by atoms with Crippen LogP contribution in [0.2, 0.25) is 0 Å². The van der Waals surface area contributed by atoms with Gasteiger partial charge in [0.05, 0.1) is 11.0 Å². The molecule has 7 nitrogen and oxygen atoms in total. The predicted molar refractivity (Wildman–Crippen MR) is 118 cm³/mol. The van der Waals surface area contributed by atoms with Gasteiger partial charge in [0.2, 0.25) is 5.91 Å². The van der Waals surface area contributed by atoms with Crippen LogP contribution in [0, 0.1) is 6.92 Å². The van der Waals surface area contributed by atoms with E-state index in [0.29, 0.717) is 17.4 Å². The number of carbonyl (C=O) groups excluding carboxylic acids is 1. The SMILES string of the molecule is Cc1cc(NC(=O)Cn2c(COc3ccc4ccccc4c3)nc3ccccc32)no1. The van der Waals surface area contributed by atoms with Gasteiger partial charge in [-0.2, -0.15) is 0 Å². The van der Waals surface area contributed by atoms with Crippen LogP contribution in [-0.4, -0.2) is 20.6 Å². The molecule has 7 heteroatoms. The highest BCUT2D eigenvalue weighted by Gasteiger charge is 2.15. The highest BCUT2D eigenvalue weighted by Crippen LogP contribution is 2.23. The van der Waals surface area contributed by atoms with Gasteiger partial charge in [0.15, 0.2) is 5.82 Å². The minimum absolute atomic E-state index is 0.0861. The Bertz CT molecular complexity index is 1390. The molecular formula is C24H20N4O3. The van der Waals surface area contributed by atoms with E-state index in [4.69, 9.17) is 9.26 Å². The Hall–Kier alpha value is -4.13. The normalized spacial score (nSPS) is 11.1. The van der Waals surface area contributed by atoms with Crippen molar-refractivity contribution in [1.82, 2.24) is 14.7 Å². The molecule has 5 rings (SSSR count). The average Bonchev–Trinajstić information content (AvgIpc) is 3.35. The Morgan fingerprint density at radius 2 is 1.84 bits per heavy atom. The third kappa shape index (κ3) is 3.98. The van der Waals surface area contributed by atoms with Crippen LogP contribution in [0.3, 0.4) is 0 Å². The van der Waals surface area contributed by atoms with E-state index in [1.807, 2.05) is 65.2 Å². The summed E-state index contributed by atoms with van der Waals surface area (Å²) in [6.07, 6.45) is 0. The van der Waals surface area contributed by atoms with E-state index in [9.17, 15) is 4.79 Å². The number of anilines is 1. The monoisotopic (exact) mass is 412 g/mol. The van der Waals surface area contributed by atoms with Crippen molar-refractivity contribution in [2.45, 2.75) is 20.1 Å². The fourth-order valence-corrected chi connectivity index (χ4v) is 3.57. The number of hydrogen-bond acceptors (Lipinski definition) is 5. The van der Waals surface area contributed by atoms with Gasteiger partial charge in [-0.15, -0.1) is 0 Å². The maximum atomic E-state index is 12.6. The molecule has 0 bridgehead atoms. The number of carbonyl (C=O) groups is 1. The van der Waals surface area contributed by atoms with E-state index in [0.717, 1.165) is 27.6 Å². The van der Waals surface area contributed by atoms with Crippen molar-refractivity contribution in [2.24, 2.45) is 0 Å². The van der Waals surface area contributed by atoms with Gasteiger partial charge in [0.1, 0.15) is 30.5 Å². The molecule has 0 spiro atoms. The zero-order valence-electron chi connectivity index (χ0n) is 16.9. The van der Waals surface area contributed by atoms with Crippen molar-refractivity contribution in [3.63, 3.8) is 0 Å². The summed E-state index contributed by atoms with van der Waals surface area (Å²) < 4.78 is 12.9. The van der Waals surface area contributed by atoms with E-state index in [1.54, 1.807) is 13.0 Å². The zero-order chi connectivity index (χ0) is 21.2. The first-order valence-electron chi connectivity index (χ1n) is 9.95. The molecule has 2 heterocycles. The molecule has 0 aliphatic heterocycles. The van der Waals surface area contributed by atoms with Crippen LogP contribution in [0.15, 0.2) is 77.3 Å². The molecule has 1 N–H and O–H groups in total. The molecule has 0 unspecified atom stereocenters. The number of benzene rings is 3. The Morgan fingerprint density at radius 3 is 2.68 bits per heavy atom. The van der Waals surface area contributed by atoms with Crippen LogP contribution in [0.1, 0.15) is 11.6 Å². The average molecular weight is 412 g/mol. The Morgan fingerprint density at radius 1 is 1.03 bits per heavy atom. The highest BCUT2D eigenvalue weighted by molar-refractivity contribution is 5.91. The standard InChI is InChI=1S/C24H20N4O3/c1-16-12-22(27-31-16)26-24(29)14-28-21-9-5-4-8-20(21)25-23(28)15-30-19-11-10-17-6-2-3-7-18(17)13-19/h2-13H,14-15H2,1H3,(H,26,27,29). The smallest absolute Gasteiger partial charge is 0.245 e. The summed E-state index contributed by atoms with van der Waals surface area (Å²) in [5.74, 6) is 2.22. The number of aromatic nitrogens is 3. The lowest BCUT2D eigenvalue weighted by Crippen LogP contribution is -2.21. The topological polar surface area (TPSA) is 82.2 Å². The Kier molecular flexibility index (Phi) is 4.84. The maximum absolute atomic E-state index is 12.6. The molecule has 0 aliphatic carbocycles. The largest absolute Gasteiger partial charge is 0.486 e. The van der Waals surface area contributed by atoms with Gasteiger partial charge in [-0.05, 0) is 42.0 Å². The predicted octanol–water partition coefficient (Wildman–Crippen LogP) is 4.70. The Labute approximate surface area is 178 Å². The number of amides is 1. The molecule has 154 valence electrons. The van der Waals surface area contributed by atoms with Gasteiger partial charge in [-0.25, -0.2) is 4.98 Å². The number of imidazole rings is 1. The van der Waals surface area contributed by atoms with E-state index >= 15 is 0 Å². The van der Waals surface area contributed by atoms with Crippen LogP contribution in [-0.2, 0) is 17.9 Å². The molecule has 0 aliphatic rings. The number of para-hydroxylation sites is 2. The first-order chi connectivity index (χ1) is 15.2. The van der Waals surface area contributed by atoms with Crippen LogP contribution in [0.25, 0.3) is 21.8 Å². The molecule has 0 radical (unpaired) electrons. The number of ether oxygens (including phenoxy) is 1. The fourth-order valence-electron chi connectivity index (χ4n) is 3.57. The second-order valence-corrected chi connectivity index (χ2v) is 7.27. The van der Waals surface area contributed by atoms with Crippen LogP contribution in [0.4, 0.5) is 5.82 Å². The van der Waals surface area contributed by atoms with Crippen molar-refractivity contribution >= 4 is 33.5 Å². The van der Waals surface area contributed by atoms with Gasteiger partial charge in [0.25, 0.3) is 0 Å². The molecule has 3 aromatic carbocycles. The fraction of sp³-hybridized carbons (Fsp3) is 0.125. The third-order valence-electron chi connectivity index (χ3n) is 5.02. The molecule has 1 amide bonds. The summed E-state index contributed by atoms with van der Waals surface area (Å²) in [5.41, 5.74) is 1.68. The van der Waals surface area contributed by atoms with Crippen molar-refractivity contribution in [1.29, 1.82) is 0 Å². The van der Waals surface area contributed by atoms with E-state index < -0.39 is 0 Å². The number of nitrogens with one attached hydrogen (secondary N) is 1. The van der Waals surface area contributed by atoms with E-state index in [1.165, 1.54) is 0 Å². The van der Waals surface area contributed by atoms with E-state index in [-0.39, 0.29) is 19.1 Å². The molecule has 2 aromatic heterocycles. The van der Waals surface area contributed by atoms with Crippen LogP contribution in [0.5, 0.6) is 5.75 Å². The highest BCUT2D eigenvalue weighted by atomic mass is 16.5. The van der Waals surface area contributed by atoms with Crippen molar-refractivity contribution in [3.05, 3.63) is 84.4 Å². The lowest BCUT2D eigenvalue weighted by atomic mass is 10.1. The van der Waals surface area contributed by atoms with Crippen molar-refractivity contribution in [3.8, 4) is 5.75 Å². The quantitative estimate of drug-likeness (QED) is 0.437. The Balaban J connectivity index is 1.39. The van der Waals surface area contributed by atoms with Crippen molar-refractivity contribution in [2.75, 3.05) is 5.32 Å². The lowest BCUT2D eigenvalue weighted by molar-refractivity contribution is -0.116. The molecule has 0 atom stereocenters. The van der Waals surface area contributed by atoms with Gasteiger partial charge in [-0.3, -0.25) is 4.79 Å². The van der Waals surface area contributed by atoms with Gasteiger partial charge in [-0.1, -0.05) is 47.6 Å². The minimum Gasteiger partial charge on any atom is -0.486 e. The molecule has 0 fully saturated rings. The first-order valence-corrected chi connectivity index (χ1v) is 9.95. The summed E-state index contributed by atoms with van der Waals surface area (Å²) >= 11 is 0. The van der Waals surface area contributed by atoms with Crippen molar-refractivity contribution < 1.29 is 14.1 Å². The second-order valence-electron chi connectivity index (χ2n) is 7.27. The third-order valence-corrected chi connectivity index (χ3v) is 5.02. The second kappa shape index (κ2) is 7.95. The van der Waals surface area contributed by atoms with Gasteiger partial charge in [0, 0.05) is 6.07 Å². The number of aryl methyl sites for hydroxylation is 1.